The first kappa shape index (κ1) is 23.6. The first-order chi connectivity index (χ1) is 18.5. The predicted octanol–water partition coefficient (Wildman–Crippen LogP) is 5.47. The van der Waals surface area contributed by atoms with Crippen LogP contribution < -0.4 is 0 Å². The van der Waals surface area contributed by atoms with Crippen LogP contribution in [0.2, 0.25) is 0 Å². The average Bonchev–Trinajstić information content (AvgIpc) is 3.34. The highest BCUT2D eigenvalue weighted by atomic mass is 16.4. The van der Waals surface area contributed by atoms with Crippen LogP contribution in [0, 0.1) is 11.8 Å². The molecule has 4 aromatic rings. The third-order valence-corrected chi connectivity index (χ3v) is 8.14. The molecule has 2 aliphatic rings. The Morgan fingerprint density at radius 3 is 1.08 bits per heavy atom. The zero-order valence-corrected chi connectivity index (χ0v) is 20.3. The number of hydrogen-bond donors (Lipinski definition) is 2. The van der Waals surface area contributed by atoms with Crippen LogP contribution in [0.1, 0.15) is 22.3 Å². The van der Waals surface area contributed by atoms with Gasteiger partial charge in [0, 0.05) is 0 Å². The van der Waals surface area contributed by atoms with E-state index in [2.05, 4.69) is 0 Å². The summed E-state index contributed by atoms with van der Waals surface area (Å²) in [5.41, 5.74) is -0.00860. The van der Waals surface area contributed by atoms with Crippen molar-refractivity contribution in [2.75, 3.05) is 0 Å². The minimum absolute atomic E-state index is 0.417. The van der Waals surface area contributed by atoms with Crippen molar-refractivity contribution < 1.29 is 24.6 Å². The second-order valence-electron chi connectivity index (χ2n) is 9.79. The molecule has 5 heteroatoms. The summed E-state index contributed by atoms with van der Waals surface area (Å²) in [5.74, 6) is -6.10. The molecule has 4 aromatic carbocycles. The van der Waals surface area contributed by atoms with Crippen LogP contribution in [0.15, 0.2) is 121 Å². The SMILES string of the molecule is O=C(O)C1C(C(=O)O)C2(c3ccccc3)C(=O)C1(c1ccccc1)C(c1ccccc1)=C2c1ccccc1. The second kappa shape index (κ2) is 8.67. The highest BCUT2D eigenvalue weighted by molar-refractivity contribution is 6.32. The molecular weight excluding hydrogens is 476 g/mol. The minimum Gasteiger partial charge on any atom is -0.481 e. The van der Waals surface area contributed by atoms with Gasteiger partial charge in [0.25, 0.3) is 0 Å². The molecular formula is C33H24O5. The number of fused-ring (bicyclic) bond motifs is 2. The van der Waals surface area contributed by atoms with Gasteiger partial charge in [0.05, 0.1) is 22.7 Å². The number of rotatable bonds is 6. The number of hydrogen-bond acceptors (Lipinski definition) is 3. The van der Waals surface area contributed by atoms with Crippen molar-refractivity contribution >= 4 is 28.9 Å². The maximum absolute atomic E-state index is 15.2. The zero-order chi connectivity index (χ0) is 26.5. The smallest absolute Gasteiger partial charge is 0.309 e. The summed E-state index contributed by atoms with van der Waals surface area (Å²) >= 11 is 0. The molecule has 0 spiro atoms. The first-order valence-corrected chi connectivity index (χ1v) is 12.4. The summed E-state index contributed by atoms with van der Waals surface area (Å²) < 4.78 is 0. The van der Waals surface area contributed by atoms with Crippen LogP contribution in [-0.4, -0.2) is 27.9 Å². The molecule has 0 aromatic heterocycles. The van der Waals surface area contributed by atoms with Crippen LogP contribution >= 0.6 is 0 Å². The first-order valence-electron chi connectivity index (χ1n) is 12.4. The molecule has 38 heavy (non-hydrogen) atoms. The van der Waals surface area contributed by atoms with E-state index in [1.807, 2.05) is 60.7 Å². The second-order valence-corrected chi connectivity index (χ2v) is 9.79. The van der Waals surface area contributed by atoms with E-state index >= 15 is 4.79 Å². The number of allylic oxidation sites excluding steroid dienone is 2. The number of carboxylic acid groups (broad SMARTS) is 2. The molecule has 6 rings (SSSR count). The van der Waals surface area contributed by atoms with Gasteiger partial charge in [-0.15, -0.1) is 0 Å². The summed E-state index contributed by atoms with van der Waals surface area (Å²) in [6, 6.07) is 36.2. The van der Waals surface area contributed by atoms with Crippen LogP contribution in [0.25, 0.3) is 11.1 Å². The fraction of sp³-hybridized carbons (Fsp3) is 0.121. The van der Waals surface area contributed by atoms with E-state index in [0.29, 0.717) is 33.4 Å². The Kier molecular flexibility index (Phi) is 5.39. The van der Waals surface area contributed by atoms with E-state index < -0.39 is 40.4 Å². The lowest BCUT2D eigenvalue weighted by Crippen LogP contribution is -2.47. The molecule has 0 saturated heterocycles. The van der Waals surface area contributed by atoms with Gasteiger partial charge in [-0.2, -0.15) is 0 Å². The van der Waals surface area contributed by atoms with E-state index in [-0.39, 0.29) is 0 Å². The fourth-order valence-electron chi connectivity index (χ4n) is 6.95. The van der Waals surface area contributed by atoms with Crippen LogP contribution in [0.4, 0.5) is 0 Å². The standard InChI is InChI=1S/C33H24O5/c34-29(35)27-28(30(36)37)33(24-19-11-4-12-20-24)26(22-15-7-2-8-16-22)25(21-13-5-1-6-14-21)32(27,31(33)38)23-17-9-3-10-18-23/h1-20,27-28H,(H,34,35)(H,36,37). The van der Waals surface area contributed by atoms with Crippen molar-refractivity contribution in [3.63, 3.8) is 0 Å². The number of benzene rings is 4. The third kappa shape index (κ3) is 2.90. The van der Waals surface area contributed by atoms with E-state index in [1.54, 1.807) is 60.7 Å². The molecule has 186 valence electrons. The fourth-order valence-corrected chi connectivity index (χ4v) is 6.95. The molecule has 1 fully saturated rings. The number of ketones is 1. The van der Waals surface area contributed by atoms with Crippen LogP contribution in [-0.2, 0) is 25.2 Å². The van der Waals surface area contributed by atoms with E-state index in [4.69, 9.17) is 0 Å². The quantitative estimate of drug-likeness (QED) is 0.366. The molecule has 0 radical (unpaired) electrons. The topological polar surface area (TPSA) is 91.7 Å². The number of carboxylic acids is 2. The molecule has 2 aliphatic carbocycles. The number of carbonyl (C=O) groups excluding carboxylic acids is 1. The Balaban J connectivity index is 1.90. The van der Waals surface area contributed by atoms with Crippen LogP contribution in [0.3, 0.4) is 0 Å². The Labute approximate surface area is 219 Å². The predicted molar refractivity (Wildman–Crippen MR) is 143 cm³/mol. The highest BCUT2D eigenvalue weighted by Gasteiger charge is 2.80. The third-order valence-electron chi connectivity index (χ3n) is 8.14. The normalized spacial score (nSPS) is 25.9. The molecule has 2 bridgehead atoms. The van der Waals surface area contributed by atoms with Gasteiger partial charge in [0.1, 0.15) is 0 Å². The summed E-state index contributed by atoms with van der Waals surface area (Å²) in [6.07, 6.45) is 0. The Bertz CT molecular complexity index is 1460. The molecule has 4 unspecified atom stereocenters. The van der Waals surface area contributed by atoms with Crippen molar-refractivity contribution in [1.29, 1.82) is 0 Å². The van der Waals surface area contributed by atoms with Gasteiger partial charge in [0.2, 0.25) is 0 Å². The van der Waals surface area contributed by atoms with E-state index in [0.717, 1.165) is 0 Å². The monoisotopic (exact) mass is 500 g/mol. The molecule has 5 nitrogen and oxygen atoms in total. The maximum atomic E-state index is 15.2. The number of Topliss-reactive ketones (excluding diaryl/α,β-unsaturated/α-hetero) is 1. The summed E-state index contributed by atoms with van der Waals surface area (Å²) in [4.78, 5) is 41.6. The molecule has 0 aliphatic heterocycles. The molecule has 0 amide bonds. The van der Waals surface area contributed by atoms with Crippen molar-refractivity contribution in [2.45, 2.75) is 10.8 Å². The van der Waals surface area contributed by atoms with Crippen molar-refractivity contribution in [3.05, 3.63) is 144 Å². The summed E-state index contributed by atoms with van der Waals surface area (Å²) in [6.45, 7) is 0. The van der Waals surface area contributed by atoms with Gasteiger partial charge in [-0.25, -0.2) is 0 Å². The van der Waals surface area contributed by atoms with Crippen molar-refractivity contribution in [2.24, 2.45) is 11.8 Å². The Morgan fingerprint density at radius 1 is 0.500 bits per heavy atom. The average molecular weight is 501 g/mol. The molecule has 1 saturated carbocycles. The van der Waals surface area contributed by atoms with Crippen LogP contribution in [0.5, 0.6) is 0 Å². The number of carbonyl (C=O) groups is 3. The van der Waals surface area contributed by atoms with Crippen molar-refractivity contribution in [3.8, 4) is 0 Å². The van der Waals surface area contributed by atoms with Gasteiger partial charge in [0.15, 0.2) is 5.78 Å². The maximum Gasteiger partial charge on any atom is 0.309 e. The highest BCUT2D eigenvalue weighted by Crippen LogP contribution is 2.72. The van der Waals surface area contributed by atoms with E-state index in [9.17, 15) is 19.8 Å². The van der Waals surface area contributed by atoms with Gasteiger partial charge >= 0.3 is 11.9 Å². The Morgan fingerprint density at radius 2 is 0.789 bits per heavy atom. The molecule has 4 atom stereocenters. The lowest BCUT2D eigenvalue weighted by molar-refractivity contribution is -0.155. The van der Waals surface area contributed by atoms with Gasteiger partial charge < -0.3 is 10.2 Å². The Hall–Kier alpha value is -4.77. The number of aliphatic carboxylic acids is 2. The lowest BCUT2D eigenvalue weighted by atomic mass is 9.58. The lowest BCUT2D eigenvalue weighted by Gasteiger charge is -2.41. The zero-order valence-electron chi connectivity index (χ0n) is 20.3. The van der Waals surface area contributed by atoms with Gasteiger partial charge in [-0.1, -0.05) is 121 Å². The van der Waals surface area contributed by atoms with Crippen molar-refractivity contribution in [1.82, 2.24) is 0 Å². The summed E-state index contributed by atoms with van der Waals surface area (Å²) in [5, 5.41) is 21.5. The van der Waals surface area contributed by atoms with Gasteiger partial charge in [-0.05, 0) is 33.4 Å². The largest absolute Gasteiger partial charge is 0.481 e. The summed E-state index contributed by atoms with van der Waals surface area (Å²) in [7, 11) is 0. The van der Waals surface area contributed by atoms with E-state index in [1.165, 1.54) is 0 Å². The minimum atomic E-state index is -1.72. The molecule has 0 heterocycles. The molecule has 2 N–H and O–H groups in total. The van der Waals surface area contributed by atoms with Gasteiger partial charge in [-0.3, -0.25) is 14.4 Å².